The van der Waals surface area contributed by atoms with Crippen LogP contribution >= 0.6 is 11.3 Å². The molecule has 2 heterocycles. The Hall–Kier alpha value is -2.74. The maximum Gasteiger partial charge on any atom is 0.344 e. The van der Waals surface area contributed by atoms with Crippen molar-refractivity contribution >= 4 is 29.2 Å². The molecule has 7 nitrogen and oxygen atoms in total. The van der Waals surface area contributed by atoms with Crippen LogP contribution in [0, 0.1) is 12.8 Å². The number of rotatable bonds is 7. The summed E-state index contributed by atoms with van der Waals surface area (Å²) >= 11 is 1.30. The molecule has 1 aliphatic heterocycles. The van der Waals surface area contributed by atoms with Gasteiger partial charge in [-0.25, -0.2) is 9.78 Å². The highest BCUT2D eigenvalue weighted by Crippen LogP contribution is 2.24. The number of thiazole rings is 1. The van der Waals surface area contributed by atoms with E-state index in [-0.39, 0.29) is 0 Å². The first-order valence-corrected chi connectivity index (χ1v) is 10.5. The molecule has 1 aromatic heterocycles. The minimum Gasteiger partial charge on any atom is -0.322 e. The van der Waals surface area contributed by atoms with E-state index < -0.39 is 23.4 Å². The summed E-state index contributed by atoms with van der Waals surface area (Å²) < 4.78 is 0. The fourth-order valence-corrected chi connectivity index (χ4v) is 4.41. The molecule has 29 heavy (non-hydrogen) atoms. The highest BCUT2D eigenvalue weighted by atomic mass is 32.1. The molecule has 0 bridgehead atoms. The number of benzene rings is 1. The van der Waals surface area contributed by atoms with Crippen molar-refractivity contribution in [1.29, 1.82) is 0 Å². The summed E-state index contributed by atoms with van der Waals surface area (Å²) in [5.74, 6) is -0.533. The summed E-state index contributed by atoms with van der Waals surface area (Å²) in [6.07, 6.45) is 1.85. The molecule has 0 saturated carbocycles. The van der Waals surface area contributed by atoms with E-state index in [4.69, 9.17) is 0 Å². The number of nitrogens with zero attached hydrogens (tertiary/aromatic N) is 2. The van der Waals surface area contributed by atoms with Crippen LogP contribution in [0.1, 0.15) is 53.1 Å². The van der Waals surface area contributed by atoms with Crippen molar-refractivity contribution < 1.29 is 14.4 Å². The van der Waals surface area contributed by atoms with Gasteiger partial charge in [-0.2, -0.15) is 5.01 Å². The Balaban J connectivity index is 1.68. The Morgan fingerprint density at radius 3 is 2.62 bits per heavy atom. The summed E-state index contributed by atoms with van der Waals surface area (Å²) in [4.78, 5) is 42.8. The molecule has 4 amide bonds. The van der Waals surface area contributed by atoms with Crippen LogP contribution in [0.15, 0.2) is 30.3 Å². The number of aromatic nitrogens is 1. The molecule has 2 aromatic rings. The Morgan fingerprint density at radius 2 is 1.97 bits per heavy atom. The molecular weight excluding hydrogens is 388 g/mol. The summed E-state index contributed by atoms with van der Waals surface area (Å²) in [5, 5.41) is 4.37. The lowest BCUT2D eigenvalue weighted by Crippen LogP contribution is -2.48. The molecule has 1 fully saturated rings. The monoisotopic (exact) mass is 414 g/mol. The molecule has 1 atom stereocenters. The summed E-state index contributed by atoms with van der Waals surface area (Å²) in [7, 11) is 0. The number of aryl methyl sites for hydroxylation is 2. The first-order chi connectivity index (χ1) is 13.7. The topological polar surface area (TPSA) is 91.4 Å². The number of hydrogen-bond donors (Lipinski definition) is 2. The summed E-state index contributed by atoms with van der Waals surface area (Å²) in [6.45, 7) is 7.60. The fourth-order valence-electron chi connectivity index (χ4n) is 3.25. The maximum atomic E-state index is 12.9. The minimum atomic E-state index is -1.06. The molecule has 8 heteroatoms. The normalized spacial score (nSPS) is 19.0. The molecule has 1 aromatic carbocycles. The first-order valence-electron chi connectivity index (χ1n) is 9.67. The molecule has 1 saturated heterocycles. The lowest BCUT2D eigenvalue weighted by atomic mass is 9.93. The molecule has 154 valence electrons. The smallest absolute Gasteiger partial charge is 0.322 e. The van der Waals surface area contributed by atoms with Gasteiger partial charge in [-0.15, -0.1) is 11.3 Å². The van der Waals surface area contributed by atoms with Gasteiger partial charge in [0.2, 0.25) is 0 Å². The van der Waals surface area contributed by atoms with Gasteiger partial charge in [0.15, 0.2) is 0 Å². The first kappa shape index (κ1) is 21.0. The minimum absolute atomic E-state index is 0.416. The zero-order valence-electron chi connectivity index (χ0n) is 17.1. The van der Waals surface area contributed by atoms with E-state index in [0.717, 1.165) is 22.0 Å². The molecule has 0 aliphatic carbocycles. The van der Waals surface area contributed by atoms with Gasteiger partial charge in [0.25, 0.3) is 11.8 Å². The van der Waals surface area contributed by atoms with Crippen LogP contribution in [-0.2, 0) is 17.6 Å². The second kappa shape index (κ2) is 8.32. The molecule has 1 aliphatic rings. The van der Waals surface area contributed by atoms with Crippen LogP contribution in [-0.4, -0.2) is 33.4 Å². The van der Waals surface area contributed by atoms with Crippen molar-refractivity contribution in [3.8, 4) is 0 Å². The van der Waals surface area contributed by atoms with E-state index in [1.165, 1.54) is 11.3 Å². The predicted octanol–water partition coefficient (Wildman–Crippen LogP) is 3.24. The average molecular weight is 415 g/mol. The van der Waals surface area contributed by atoms with Crippen LogP contribution in [0.4, 0.5) is 4.79 Å². The molecule has 1 unspecified atom stereocenters. The maximum absolute atomic E-state index is 12.9. The van der Waals surface area contributed by atoms with Gasteiger partial charge in [0.05, 0.1) is 10.7 Å². The number of nitrogens with one attached hydrogen (secondary N) is 2. The molecule has 3 rings (SSSR count). The number of carbonyl (C=O) groups excluding carboxylic acids is 3. The van der Waals surface area contributed by atoms with Crippen LogP contribution in [0.3, 0.4) is 0 Å². The lowest BCUT2D eigenvalue weighted by Gasteiger charge is -2.21. The van der Waals surface area contributed by atoms with Crippen molar-refractivity contribution in [2.45, 2.75) is 52.5 Å². The van der Waals surface area contributed by atoms with Crippen molar-refractivity contribution in [2.24, 2.45) is 5.92 Å². The number of amides is 4. The van der Waals surface area contributed by atoms with Crippen molar-refractivity contribution in [2.75, 3.05) is 0 Å². The van der Waals surface area contributed by atoms with Crippen molar-refractivity contribution in [3.63, 3.8) is 0 Å². The predicted molar refractivity (Wildman–Crippen MR) is 111 cm³/mol. The molecule has 0 radical (unpaired) electrons. The van der Waals surface area contributed by atoms with E-state index in [0.29, 0.717) is 29.3 Å². The number of urea groups is 1. The van der Waals surface area contributed by atoms with Crippen LogP contribution in [0.2, 0.25) is 0 Å². The third-order valence-electron chi connectivity index (χ3n) is 4.86. The Bertz CT molecular complexity index is 925. The SMILES string of the molecule is Cc1nc(CC(C)C)sc1C(=O)NN1C(=O)NC(C)(CCc2ccccc2)C1=O. The van der Waals surface area contributed by atoms with Crippen LogP contribution in [0.25, 0.3) is 0 Å². The second-order valence-corrected chi connectivity index (χ2v) is 9.03. The third kappa shape index (κ3) is 4.64. The number of carbonyl (C=O) groups is 3. The third-order valence-corrected chi connectivity index (χ3v) is 6.04. The van der Waals surface area contributed by atoms with E-state index >= 15 is 0 Å². The van der Waals surface area contributed by atoms with Gasteiger partial charge in [-0.1, -0.05) is 44.2 Å². The summed E-state index contributed by atoms with van der Waals surface area (Å²) in [6, 6.07) is 9.13. The quantitative estimate of drug-likeness (QED) is 0.681. The van der Waals surface area contributed by atoms with Gasteiger partial charge in [0.1, 0.15) is 10.4 Å². The molecule has 2 N–H and O–H groups in total. The van der Waals surface area contributed by atoms with E-state index in [2.05, 4.69) is 29.6 Å². The van der Waals surface area contributed by atoms with Crippen molar-refractivity contribution in [3.05, 3.63) is 51.5 Å². The number of hydrogen-bond acceptors (Lipinski definition) is 5. The van der Waals surface area contributed by atoms with Gasteiger partial charge >= 0.3 is 6.03 Å². The Kier molecular flexibility index (Phi) is 6.02. The van der Waals surface area contributed by atoms with Crippen LogP contribution < -0.4 is 10.7 Å². The van der Waals surface area contributed by atoms with Gasteiger partial charge < -0.3 is 5.32 Å². The number of imide groups is 1. The van der Waals surface area contributed by atoms with E-state index in [1.807, 2.05) is 30.3 Å². The second-order valence-electron chi connectivity index (χ2n) is 7.95. The lowest BCUT2D eigenvalue weighted by molar-refractivity contribution is -0.132. The largest absolute Gasteiger partial charge is 0.344 e. The fraction of sp³-hybridized carbons (Fsp3) is 0.429. The summed E-state index contributed by atoms with van der Waals surface area (Å²) in [5.41, 5.74) is 3.07. The highest BCUT2D eigenvalue weighted by Gasteiger charge is 2.48. The average Bonchev–Trinajstić information content (AvgIpc) is 3.12. The van der Waals surface area contributed by atoms with Crippen molar-refractivity contribution in [1.82, 2.24) is 20.7 Å². The Labute approximate surface area is 174 Å². The zero-order chi connectivity index (χ0) is 21.2. The van der Waals surface area contributed by atoms with Crippen LogP contribution in [0.5, 0.6) is 0 Å². The van der Waals surface area contributed by atoms with Gasteiger partial charge in [-0.05, 0) is 38.2 Å². The van der Waals surface area contributed by atoms with E-state index in [9.17, 15) is 14.4 Å². The molecular formula is C21H26N4O3S. The zero-order valence-corrected chi connectivity index (χ0v) is 17.9. The highest BCUT2D eigenvalue weighted by molar-refractivity contribution is 7.13. The van der Waals surface area contributed by atoms with Gasteiger partial charge in [-0.3, -0.25) is 15.0 Å². The van der Waals surface area contributed by atoms with E-state index in [1.54, 1.807) is 13.8 Å². The molecule has 0 spiro atoms. The number of hydrazine groups is 1. The standard InChI is InChI=1S/C21H26N4O3S/c1-13(2)12-16-22-14(3)17(29-16)18(26)24-25-19(27)21(4,23-20(25)28)11-10-15-8-6-5-7-9-15/h5-9,13H,10-12H2,1-4H3,(H,23,28)(H,24,26). The van der Waals surface area contributed by atoms with Gasteiger partial charge in [0, 0.05) is 6.42 Å². The Morgan fingerprint density at radius 1 is 1.28 bits per heavy atom.